The second kappa shape index (κ2) is 6.54. The Kier molecular flexibility index (Phi) is 5.25. The Labute approximate surface area is 135 Å². The Balaban J connectivity index is 1.99. The third-order valence-electron chi connectivity index (χ3n) is 3.54. The summed E-state index contributed by atoms with van der Waals surface area (Å²) in [7, 11) is 0. The molecule has 3 nitrogen and oxygen atoms in total. The van der Waals surface area contributed by atoms with Crippen LogP contribution in [0.5, 0.6) is 0 Å². The molecule has 5 heteroatoms. The highest BCUT2D eigenvalue weighted by molar-refractivity contribution is 14.1. The Morgan fingerprint density at radius 1 is 1.37 bits per heavy atom. The van der Waals surface area contributed by atoms with Gasteiger partial charge in [-0.3, -0.25) is 4.79 Å². The molecule has 1 amide bonds. The topological polar surface area (TPSA) is 49.3 Å². The molecule has 1 aromatic carbocycles. The number of rotatable bonds is 3. The second-order valence-electron chi connectivity index (χ2n) is 5.09. The summed E-state index contributed by atoms with van der Waals surface area (Å²) >= 11 is 5.52. The Bertz CT molecular complexity index is 473. The molecule has 104 valence electrons. The van der Waals surface area contributed by atoms with Gasteiger partial charge in [-0.25, -0.2) is 0 Å². The minimum Gasteiger partial charge on any atom is -0.388 e. The molecule has 1 aromatic rings. The van der Waals surface area contributed by atoms with Crippen LogP contribution in [-0.2, 0) is 0 Å². The fourth-order valence-corrected chi connectivity index (χ4v) is 3.34. The molecule has 0 spiro atoms. The standard InChI is InChI=1S/C14H17BrINO2/c15-10-4-5-12(16)11(8-10)13(18)17-9-14(19)6-2-1-3-7-14/h4-5,8,19H,1-3,6-7,9H2,(H,17,18). The van der Waals surface area contributed by atoms with Gasteiger partial charge in [0.1, 0.15) is 0 Å². The van der Waals surface area contributed by atoms with Gasteiger partial charge in [0.2, 0.25) is 0 Å². The van der Waals surface area contributed by atoms with Gasteiger partial charge in [-0.15, -0.1) is 0 Å². The number of carbonyl (C=O) groups excluding carboxylic acids is 1. The largest absolute Gasteiger partial charge is 0.388 e. The van der Waals surface area contributed by atoms with E-state index in [1.807, 2.05) is 18.2 Å². The lowest BCUT2D eigenvalue weighted by Gasteiger charge is -2.32. The van der Waals surface area contributed by atoms with E-state index >= 15 is 0 Å². The molecule has 19 heavy (non-hydrogen) atoms. The Hall–Kier alpha value is -0.140. The van der Waals surface area contributed by atoms with E-state index in [4.69, 9.17) is 0 Å². The molecule has 1 aliphatic carbocycles. The third kappa shape index (κ3) is 4.16. The highest BCUT2D eigenvalue weighted by atomic mass is 127. The van der Waals surface area contributed by atoms with Crippen LogP contribution in [0.25, 0.3) is 0 Å². The van der Waals surface area contributed by atoms with E-state index in [2.05, 4.69) is 43.8 Å². The summed E-state index contributed by atoms with van der Waals surface area (Å²) in [4.78, 5) is 12.2. The van der Waals surface area contributed by atoms with E-state index in [1.54, 1.807) is 0 Å². The third-order valence-corrected chi connectivity index (χ3v) is 4.97. The number of carbonyl (C=O) groups is 1. The first kappa shape index (κ1) is 15.3. The molecule has 2 N–H and O–H groups in total. The predicted molar refractivity (Wildman–Crippen MR) is 87.2 cm³/mol. The first-order valence-corrected chi connectivity index (χ1v) is 8.33. The molecule has 0 radical (unpaired) electrons. The molecule has 2 rings (SSSR count). The lowest BCUT2D eigenvalue weighted by atomic mass is 9.85. The van der Waals surface area contributed by atoms with Crippen LogP contribution >= 0.6 is 38.5 Å². The molecular formula is C14H17BrINO2. The van der Waals surface area contributed by atoms with Crippen molar-refractivity contribution < 1.29 is 9.90 Å². The van der Waals surface area contributed by atoms with E-state index in [1.165, 1.54) is 6.42 Å². The van der Waals surface area contributed by atoms with E-state index < -0.39 is 5.60 Å². The maximum atomic E-state index is 12.2. The van der Waals surface area contributed by atoms with Crippen molar-refractivity contribution in [2.75, 3.05) is 6.54 Å². The molecule has 0 unspecified atom stereocenters. The van der Waals surface area contributed by atoms with Crippen LogP contribution < -0.4 is 5.32 Å². The van der Waals surface area contributed by atoms with Crippen LogP contribution in [0.3, 0.4) is 0 Å². The maximum absolute atomic E-state index is 12.2. The average Bonchev–Trinajstić information content (AvgIpc) is 2.40. The van der Waals surface area contributed by atoms with Gasteiger partial charge in [-0.1, -0.05) is 35.2 Å². The van der Waals surface area contributed by atoms with Gasteiger partial charge in [0.15, 0.2) is 0 Å². The zero-order valence-corrected chi connectivity index (χ0v) is 14.3. The van der Waals surface area contributed by atoms with Crippen molar-refractivity contribution in [3.63, 3.8) is 0 Å². The van der Waals surface area contributed by atoms with Crippen molar-refractivity contribution in [1.29, 1.82) is 0 Å². The highest BCUT2D eigenvalue weighted by Gasteiger charge is 2.29. The van der Waals surface area contributed by atoms with Crippen LogP contribution in [-0.4, -0.2) is 23.2 Å². The minimum absolute atomic E-state index is 0.121. The smallest absolute Gasteiger partial charge is 0.252 e. The Morgan fingerprint density at radius 2 is 2.05 bits per heavy atom. The molecule has 0 saturated heterocycles. The van der Waals surface area contributed by atoms with Gasteiger partial charge in [0, 0.05) is 14.6 Å². The number of hydrogen-bond acceptors (Lipinski definition) is 2. The second-order valence-corrected chi connectivity index (χ2v) is 7.17. The summed E-state index contributed by atoms with van der Waals surface area (Å²) in [5.74, 6) is -0.121. The van der Waals surface area contributed by atoms with Crippen molar-refractivity contribution in [2.24, 2.45) is 0 Å². The molecule has 1 aliphatic rings. The van der Waals surface area contributed by atoms with Crippen molar-refractivity contribution in [2.45, 2.75) is 37.7 Å². The normalized spacial score (nSPS) is 18.1. The Morgan fingerprint density at radius 3 is 2.74 bits per heavy atom. The van der Waals surface area contributed by atoms with Crippen molar-refractivity contribution in [3.05, 3.63) is 31.8 Å². The summed E-state index contributed by atoms with van der Waals surface area (Å²) in [6.07, 6.45) is 4.83. The van der Waals surface area contributed by atoms with Gasteiger partial charge in [-0.05, 0) is 53.6 Å². The zero-order chi connectivity index (χ0) is 13.9. The fourth-order valence-electron chi connectivity index (χ4n) is 2.40. The molecule has 0 aliphatic heterocycles. The van der Waals surface area contributed by atoms with E-state index in [-0.39, 0.29) is 5.91 Å². The number of halogens is 2. The molecular weight excluding hydrogens is 421 g/mol. The number of benzene rings is 1. The summed E-state index contributed by atoms with van der Waals surface area (Å²) in [6, 6.07) is 5.62. The SMILES string of the molecule is O=C(NCC1(O)CCCCC1)c1cc(Br)ccc1I. The van der Waals surface area contributed by atoms with Gasteiger partial charge in [-0.2, -0.15) is 0 Å². The molecule has 0 aromatic heterocycles. The van der Waals surface area contributed by atoms with Gasteiger partial charge in [0.25, 0.3) is 5.91 Å². The molecule has 0 atom stereocenters. The fraction of sp³-hybridized carbons (Fsp3) is 0.500. The highest BCUT2D eigenvalue weighted by Crippen LogP contribution is 2.27. The van der Waals surface area contributed by atoms with Crippen LogP contribution in [0.4, 0.5) is 0 Å². The van der Waals surface area contributed by atoms with E-state index in [0.717, 1.165) is 33.7 Å². The number of hydrogen-bond donors (Lipinski definition) is 2. The van der Waals surface area contributed by atoms with Crippen molar-refractivity contribution in [3.8, 4) is 0 Å². The summed E-state index contributed by atoms with van der Waals surface area (Å²) in [6.45, 7) is 0.342. The molecule has 1 saturated carbocycles. The van der Waals surface area contributed by atoms with Gasteiger partial charge in [0.05, 0.1) is 11.2 Å². The monoisotopic (exact) mass is 437 g/mol. The summed E-state index contributed by atoms with van der Waals surface area (Å²) < 4.78 is 1.79. The summed E-state index contributed by atoms with van der Waals surface area (Å²) in [5, 5.41) is 13.2. The average molecular weight is 438 g/mol. The van der Waals surface area contributed by atoms with Gasteiger partial charge < -0.3 is 10.4 Å². The first-order valence-electron chi connectivity index (χ1n) is 6.46. The van der Waals surface area contributed by atoms with Crippen LogP contribution in [0.15, 0.2) is 22.7 Å². The van der Waals surface area contributed by atoms with Crippen LogP contribution in [0.2, 0.25) is 0 Å². The van der Waals surface area contributed by atoms with Crippen LogP contribution in [0.1, 0.15) is 42.5 Å². The van der Waals surface area contributed by atoms with Crippen LogP contribution in [0, 0.1) is 3.57 Å². The lowest BCUT2D eigenvalue weighted by molar-refractivity contribution is 0.00525. The lowest BCUT2D eigenvalue weighted by Crippen LogP contribution is -2.44. The van der Waals surface area contributed by atoms with Gasteiger partial charge >= 0.3 is 0 Å². The van der Waals surface area contributed by atoms with Crippen molar-refractivity contribution in [1.82, 2.24) is 5.32 Å². The van der Waals surface area contributed by atoms with E-state index in [9.17, 15) is 9.90 Å². The van der Waals surface area contributed by atoms with Crippen molar-refractivity contribution >= 4 is 44.4 Å². The zero-order valence-electron chi connectivity index (χ0n) is 10.6. The molecule has 0 heterocycles. The number of aliphatic hydroxyl groups is 1. The number of nitrogens with one attached hydrogen (secondary N) is 1. The predicted octanol–water partition coefficient (Wildman–Crippen LogP) is 3.48. The molecule has 1 fully saturated rings. The van der Waals surface area contributed by atoms with E-state index in [0.29, 0.717) is 12.1 Å². The first-order chi connectivity index (χ1) is 9.00. The summed E-state index contributed by atoms with van der Waals surface area (Å²) in [5.41, 5.74) is -0.0693. The minimum atomic E-state index is -0.717. The number of amides is 1. The molecule has 0 bridgehead atoms. The quantitative estimate of drug-likeness (QED) is 0.711. The maximum Gasteiger partial charge on any atom is 0.252 e.